The fourth-order valence-electron chi connectivity index (χ4n) is 3.46. The number of rotatable bonds is 13. The van der Waals surface area contributed by atoms with E-state index >= 15 is 0 Å². The van der Waals surface area contributed by atoms with Crippen molar-refractivity contribution in [3.63, 3.8) is 0 Å². The fraction of sp³-hybridized carbons (Fsp3) is 1.00. The molecule has 0 aromatic rings. The lowest BCUT2D eigenvalue weighted by atomic mass is 10.1. The van der Waals surface area contributed by atoms with E-state index < -0.39 is 0 Å². The Morgan fingerprint density at radius 3 is 2.00 bits per heavy atom. The van der Waals surface area contributed by atoms with Crippen molar-refractivity contribution in [2.45, 2.75) is 96.9 Å². The van der Waals surface area contributed by atoms with E-state index in [1.807, 2.05) is 0 Å². The van der Waals surface area contributed by atoms with Crippen LogP contribution in [-0.4, -0.2) is 29.4 Å². The van der Waals surface area contributed by atoms with Crippen LogP contribution in [0.15, 0.2) is 0 Å². The first kappa shape index (κ1) is 19.5. The third kappa shape index (κ3) is 9.94. The fourth-order valence-corrected chi connectivity index (χ4v) is 3.86. The van der Waals surface area contributed by atoms with Gasteiger partial charge in [0.15, 0.2) is 0 Å². The Hall–Kier alpha value is 0.440. The van der Waals surface area contributed by atoms with Gasteiger partial charge in [-0.3, -0.25) is 0 Å². The maximum absolute atomic E-state index is 3.51. The zero-order valence-corrected chi connectivity index (χ0v) is 16.2. The summed E-state index contributed by atoms with van der Waals surface area (Å²) in [7, 11) is 0. The molecule has 0 bridgehead atoms. The van der Waals surface area contributed by atoms with E-state index in [0.717, 1.165) is 12.0 Å². The van der Waals surface area contributed by atoms with Crippen molar-refractivity contribution in [1.82, 2.24) is 4.90 Å². The minimum Gasteiger partial charge on any atom is -0.300 e. The highest BCUT2D eigenvalue weighted by molar-refractivity contribution is 9.09. The molecule has 1 fully saturated rings. The van der Waals surface area contributed by atoms with Gasteiger partial charge < -0.3 is 4.90 Å². The molecule has 0 amide bonds. The molecule has 0 radical (unpaired) electrons. The topological polar surface area (TPSA) is 3.24 Å². The Morgan fingerprint density at radius 2 is 1.43 bits per heavy atom. The van der Waals surface area contributed by atoms with Crippen LogP contribution < -0.4 is 0 Å². The highest BCUT2D eigenvalue weighted by atomic mass is 79.9. The monoisotopic (exact) mass is 359 g/mol. The minimum atomic E-state index is 0.850. The smallest absolute Gasteiger partial charge is 0.00952 e. The SMILES string of the molecule is CC(C)CCN(CCCCCCCCCBr)C1CCCC1. The lowest BCUT2D eigenvalue weighted by Crippen LogP contribution is -2.35. The number of nitrogens with zero attached hydrogens (tertiary/aromatic N) is 1. The molecule has 0 aliphatic heterocycles. The largest absolute Gasteiger partial charge is 0.300 e. The summed E-state index contributed by atoms with van der Waals surface area (Å²) in [4.78, 5) is 2.83. The molecular formula is C19H38BrN. The van der Waals surface area contributed by atoms with Gasteiger partial charge in [-0.05, 0) is 51.1 Å². The molecule has 2 heteroatoms. The molecule has 1 aliphatic rings. The normalized spacial score (nSPS) is 16.4. The van der Waals surface area contributed by atoms with E-state index in [1.54, 1.807) is 0 Å². The van der Waals surface area contributed by atoms with Crippen molar-refractivity contribution in [3.05, 3.63) is 0 Å². The maximum Gasteiger partial charge on any atom is 0.00952 e. The molecule has 1 aliphatic carbocycles. The van der Waals surface area contributed by atoms with Crippen LogP contribution in [0.3, 0.4) is 0 Å². The molecule has 0 aromatic carbocycles. The quantitative estimate of drug-likeness (QED) is 0.271. The van der Waals surface area contributed by atoms with Gasteiger partial charge in [0.1, 0.15) is 0 Å². The van der Waals surface area contributed by atoms with E-state index in [0.29, 0.717) is 0 Å². The molecule has 0 saturated heterocycles. The molecule has 0 spiro atoms. The molecule has 1 rings (SSSR count). The molecule has 126 valence electrons. The predicted molar refractivity (Wildman–Crippen MR) is 99.4 cm³/mol. The summed E-state index contributed by atoms with van der Waals surface area (Å²) < 4.78 is 0. The number of unbranched alkanes of at least 4 members (excludes halogenated alkanes) is 6. The predicted octanol–water partition coefficient (Wildman–Crippen LogP) is 6.40. The van der Waals surface area contributed by atoms with Gasteiger partial charge in [0.25, 0.3) is 0 Å². The van der Waals surface area contributed by atoms with E-state index in [9.17, 15) is 0 Å². The molecule has 21 heavy (non-hydrogen) atoms. The summed E-state index contributed by atoms with van der Waals surface area (Å²) >= 11 is 3.51. The Kier molecular flexibility index (Phi) is 12.0. The number of hydrogen-bond donors (Lipinski definition) is 0. The zero-order valence-electron chi connectivity index (χ0n) is 14.6. The summed E-state index contributed by atoms with van der Waals surface area (Å²) in [5.74, 6) is 0.850. The molecular weight excluding hydrogens is 322 g/mol. The van der Waals surface area contributed by atoms with Crippen molar-refractivity contribution in [2.75, 3.05) is 18.4 Å². The first-order chi connectivity index (χ1) is 10.2. The molecule has 1 nitrogen and oxygen atoms in total. The Morgan fingerprint density at radius 1 is 0.857 bits per heavy atom. The standard InChI is InChI=1S/C19H38BrN/c1-18(2)14-17-21(19-12-8-9-13-19)16-11-7-5-3-4-6-10-15-20/h18-19H,3-17H2,1-2H3. The Labute approximate surface area is 142 Å². The lowest BCUT2D eigenvalue weighted by molar-refractivity contribution is 0.184. The van der Waals surface area contributed by atoms with Crippen molar-refractivity contribution < 1.29 is 0 Å². The van der Waals surface area contributed by atoms with Crippen LogP contribution in [0.5, 0.6) is 0 Å². The average Bonchev–Trinajstić information content (AvgIpc) is 2.98. The average molecular weight is 360 g/mol. The van der Waals surface area contributed by atoms with E-state index in [-0.39, 0.29) is 0 Å². The molecule has 0 atom stereocenters. The second-order valence-corrected chi connectivity index (χ2v) is 8.11. The third-order valence-corrected chi connectivity index (χ3v) is 5.47. The minimum absolute atomic E-state index is 0.850. The third-order valence-electron chi connectivity index (χ3n) is 4.91. The molecule has 1 saturated carbocycles. The number of alkyl halides is 1. The summed E-state index contributed by atoms with van der Waals surface area (Å²) in [6, 6.07) is 0.919. The van der Waals surface area contributed by atoms with Gasteiger partial charge in [-0.1, -0.05) is 74.7 Å². The van der Waals surface area contributed by atoms with E-state index in [1.165, 1.54) is 95.5 Å². The van der Waals surface area contributed by atoms with Crippen molar-refractivity contribution >= 4 is 15.9 Å². The number of hydrogen-bond acceptors (Lipinski definition) is 1. The van der Waals surface area contributed by atoms with Gasteiger partial charge in [0, 0.05) is 11.4 Å². The van der Waals surface area contributed by atoms with Gasteiger partial charge >= 0.3 is 0 Å². The molecule has 0 aromatic heterocycles. The molecule has 0 unspecified atom stereocenters. The summed E-state index contributed by atoms with van der Waals surface area (Å²) in [5, 5.41) is 1.18. The van der Waals surface area contributed by atoms with E-state index in [2.05, 4.69) is 34.7 Å². The molecule has 0 heterocycles. The van der Waals surface area contributed by atoms with Gasteiger partial charge in [-0.2, -0.15) is 0 Å². The first-order valence-electron chi connectivity index (χ1n) is 9.54. The van der Waals surface area contributed by atoms with Crippen LogP contribution in [0.2, 0.25) is 0 Å². The van der Waals surface area contributed by atoms with Crippen LogP contribution >= 0.6 is 15.9 Å². The van der Waals surface area contributed by atoms with Crippen molar-refractivity contribution in [3.8, 4) is 0 Å². The van der Waals surface area contributed by atoms with Crippen LogP contribution in [0, 0.1) is 5.92 Å². The summed E-state index contributed by atoms with van der Waals surface area (Å²) in [6.45, 7) is 7.42. The zero-order chi connectivity index (χ0) is 15.3. The van der Waals surface area contributed by atoms with Gasteiger partial charge in [0.05, 0.1) is 0 Å². The van der Waals surface area contributed by atoms with Crippen LogP contribution in [0.4, 0.5) is 0 Å². The van der Waals surface area contributed by atoms with Gasteiger partial charge in [-0.25, -0.2) is 0 Å². The number of halogens is 1. The second kappa shape index (κ2) is 12.9. The lowest BCUT2D eigenvalue weighted by Gasteiger charge is -2.29. The Bertz CT molecular complexity index is 224. The highest BCUT2D eigenvalue weighted by Gasteiger charge is 2.21. The summed E-state index contributed by atoms with van der Waals surface area (Å²) in [6.07, 6.45) is 17.2. The van der Waals surface area contributed by atoms with Gasteiger partial charge in [-0.15, -0.1) is 0 Å². The van der Waals surface area contributed by atoms with E-state index in [4.69, 9.17) is 0 Å². The first-order valence-corrected chi connectivity index (χ1v) is 10.7. The molecule has 0 N–H and O–H groups in total. The van der Waals surface area contributed by atoms with Crippen LogP contribution in [0.1, 0.15) is 90.9 Å². The van der Waals surface area contributed by atoms with Crippen molar-refractivity contribution in [1.29, 1.82) is 0 Å². The summed E-state index contributed by atoms with van der Waals surface area (Å²) in [5.41, 5.74) is 0. The van der Waals surface area contributed by atoms with Crippen LogP contribution in [0.25, 0.3) is 0 Å². The highest BCUT2D eigenvalue weighted by Crippen LogP contribution is 2.24. The maximum atomic E-state index is 3.51. The Balaban J connectivity index is 2.08. The second-order valence-electron chi connectivity index (χ2n) is 7.32. The van der Waals surface area contributed by atoms with Crippen LogP contribution in [-0.2, 0) is 0 Å². The van der Waals surface area contributed by atoms with Gasteiger partial charge in [0.2, 0.25) is 0 Å². The van der Waals surface area contributed by atoms with Crippen molar-refractivity contribution in [2.24, 2.45) is 5.92 Å².